The van der Waals surface area contributed by atoms with Gasteiger partial charge in [-0.05, 0) is 31.2 Å². The van der Waals surface area contributed by atoms with Crippen molar-refractivity contribution in [3.63, 3.8) is 0 Å². The van der Waals surface area contributed by atoms with Crippen LogP contribution in [0.4, 0.5) is 4.39 Å². The van der Waals surface area contributed by atoms with Crippen LogP contribution in [0.5, 0.6) is 0 Å². The molecule has 1 amide bonds. The molecule has 2 aromatic rings. The van der Waals surface area contributed by atoms with Gasteiger partial charge in [-0.15, -0.1) is 10.2 Å². The quantitative estimate of drug-likeness (QED) is 0.847. The first-order valence-corrected chi connectivity index (χ1v) is 7.49. The van der Waals surface area contributed by atoms with E-state index in [1.807, 2.05) is 13.8 Å². The largest absolute Gasteiger partial charge is 0.372 e. The number of halogens is 1. The number of morpholine rings is 1. The Morgan fingerprint density at radius 3 is 2.70 bits per heavy atom. The van der Waals surface area contributed by atoms with E-state index in [0.717, 1.165) is 0 Å². The summed E-state index contributed by atoms with van der Waals surface area (Å²) in [4.78, 5) is 15.3. The predicted molar refractivity (Wildman–Crippen MR) is 79.8 cm³/mol. The topological polar surface area (TPSA) is 73.1 Å². The van der Waals surface area contributed by atoms with Crippen LogP contribution in [0.25, 0.3) is 11.4 Å². The Hall–Kier alpha value is -2.35. The second-order valence-corrected chi connectivity index (χ2v) is 5.68. The average molecular weight is 319 g/mol. The van der Waals surface area contributed by atoms with Crippen molar-refractivity contribution >= 4 is 5.91 Å². The summed E-state index contributed by atoms with van der Waals surface area (Å²) in [5.74, 6) is -0.363. The van der Waals surface area contributed by atoms with E-state index in [-0.39, 0.29) is 36.0 Å². The van der Waals surface area contributed by atoms with Crippen LogP contribution in [-0.4, -0.2) is 56.3 Å². The highest BCUT2D eigenvalue weighted by Crippen LogP contribution is 2.17. The molecule has 3 rings (SSSR count). The van der Waals surface area contributed by atoms with Gasteiger partial charge in [0.1, 0.15) is 12.4 Å². The van der Waals surface area contributed by atoms with Crippen molar-refractivity contribution in [1.82, 2.24) is 25.1 Å². The zero-order chi connectivity index (χ0) is 16.4. The SMILES string of the molecule is CC1CN(C(=O)Cn2nnc(-c3ccccc3F)n2)CC(C)O1. The summed E-state index contributed by atoms with van der Waals surface area (Å²) >= 11 is 0. The van der Waals surface area contributed by atoms with Gasteiger partial charge >= 0.3 is 0 Å². The molecule has 1 aromatic heterocycles. The van der Waals surface area contributed by atoms with Crippen LogP contribution in [-0.2, 0) is 16.1 Å². The molecule has 1 fully saturated rings. The van der Waals surface area contributed by atoms with Crippen LogP contribution >= 0.6 is 0 Å². The summed E-state index contributed by atoms with van der Waals surface area (Å²) in [6.07, 6.45) is 0.000706. The van der Waals surface area contributed by atoms with Crippen molar-refractivity contribution in [1.29, 1.82) is 0 Å². The summed E-state index contributed by atoms with van der Waals surface area (Å²) in [6, 6.07) is 6.19. The number of nitrogens with zero attached hydrogens (tertiary/aromatic N) is 5. The highest BCUT2D eigenvalue weighted by atomic mass is 19.1. The molecule has 0 N–H and O–H groups in total. The molecule has 0 aliphatic carbocycles. The lowest BCUT2D eigenvalue weighted by Gasteiger charge is -2.35. The summed E-state index contributed by atoms with van der Waals surface area (Å²) in [7, 11) is 0. The third-order valence-electron chi connectivity index (χ3n) is 3.62. The predicted octanol–water partition coefficient (Wildman–Crippen LogP) is 1.11. The fourth-order valence-corrected chi connectivity index (χ4v) is 2.66. The number of hydrogen-bond donors (Lipinski definition) is 0. The Morgan fingerprint density at radius 2 is 2.00 bits per heavy atom. The van der Waals surface area contributed by atoms with E-state index in [2.05, 4.69) is 15.4 Å². The number of carbonyl (C=O) groups is 1. The Morgan fingerprint density at radius 1 is 1.30 bits per heavy atom. The zero-order valence-electron chi connectivity index (χ0n) is 13.0. The van der Waals surface area contributed by atoms with E-state index < -0.39 is 5.82 Å². The second kappa shape index (κ2) is 6.41. The van der Waals surface area contributed by atoms with Gasteiger partial charge in [0, 0.05) is 13.1 Å². The van der Waals surface area contributed by atoms with Crippen LogP contribution in [0, 0.1) is 5.82 Å². The lowest BCUT2D eigenvalue weighted by molar-refractivity contribution is -0.144. The minimum atomic E-state index is -0.422. The number of rotatable bonds is 3. The molecule has 2 heterocycles. The Kier molecular flexibility index (Phi) is 4.33. The first kappa shape index (κ1) is 15.5. The number of amides is 1. The third-order valence-corrected chi connectivity index (χ3v) is 3.62. The number of benzene rings is 1. The van der Waals surface area contributed by atoms with Gasteiger partial charge in [-0.1, -0.05) is 12.1 Å². The van der Waals surface area contributed by atoms with E-state index in [1.54, 1.807) is 23.1 Å². The standard InChI is InChI=1S/C15H18FN5O2/c1-10-7-20(8-11(2)23-10)14(22)9-21-18-15(17-19-21)12-5-3-4-6-13(12)16/h3-6,10-11H,7-9H2,1-2H3. The zero-order valence-corrected chi connectivity index (χ0v) is 13.0. The molecule has 0 spiro atoms. The summed E-state index contributed by atoms with van der Waals surface area (Å²) < 4.78 is 19.3. The fraction of sp³-hybridized carbons (Fsp3) is 0.467. The highest BCUT2D eigenvalue weighted by molar-refractivity contribution is 5.76. The molecule has 1 saturated heterocycles. The number of carbonyl (C=O) groups excluding carboxylic acids is 1. The van der Waals surface area contributed by atoms with Gasteiger partial charge in [-0.2, -0.15) is 4.80 Å². The molecular weight excluding hydrogens is 301 g/mol. The molecule has 1 aliphatic rings. The van der Waals surface area contributed by atoms with E-state index in [4.69, 9.17) is 4.74 Å². The van der Waals surface area contributed by atoms with Crippen LogP contribution in [0.1, 0.15) is 13.8 Å². The molecule has 122 valence electrons. The molecule has 0 radical (unpaired) electrons. The maximum atomic E-state index is 13.7. The molecule has 2 atom stereocenters. The molecule has 8 heteroatoms. The molecule has 2 unspecified atom stereocenters. The van der Waals surface area contributed by atoms with Crippen molar-refractivity contribution in [2.45, 2.75) is 32.6 Å². The van der Waals surface area contributed by atoms with Gasteiger partial charge < -0.3 is 9.64 Å². The molecule has 0 saturated carbocycles. The lowest BCUT2D eigenvalue weighted by atomic mass is 10.2. The molecule has 0 bridgehead atoms. The fourth-order valence-electron chi connectivity index (χ4n) is 2.66. The van der Waals surface area contributed by atoms with Gasteiger partial charge in [-0.3, -0.25) is 4.79 Å². The van der Waals surface area contributed by atoms with Gasteiger partial charge in [0.25, 0.3) is 0 Å². The lowest BCUT2D eigenvalue weighted by Crippen LogP contribution is -2.49. The highest BCUT2D eigenvalue weighted by Gasteiger charge is 2.26. The van der Waals surface area contributed by atoms with Gasteiger partial charge in [0.2, 0.25) is 11.7 Å². The minimum Gasteiger partial charge on any atom is -0.372 e. The summed E-state index contributed by atoms with van der Waals surface area (Å²) in [6.45, 7) is 4.91. The smallest absolute Gasteiger partial charge is 0.246 e. The van der Waals surface area contributed by atoms with Crippen LogP contribution in [0.3, 0.4) is 0 Å². The van der Waals surface area contributed by atoms with Crippen LogP contribution < -0.4 is 0 Å². The van der Waals surface area contributed by atoms with Crippen LogP contribution in [0.2, 0.25) is 0 Å². The summed E-state index contributed by atoms with van der Waals surface area (Å²) in [5, 5.41) is 11.7. The van der Waals surface area contributed by atoms with Gasteiger partial charge in [-0.25, -0.2) is 4.39 Å². The first-order valence-electron chi connectivity index (χ1n) is 7.49. The maximum absolute atomic E-state index is 13.7. The average Bonchev–Trinajstić information content (AvgIpc) is 2.95. The normalized spacial score (nSPS) is 21.4. The summed E-state index contributed by atoms with van der Waals surface area (Å²) in [5.41, 5.74) is 0.264. The van der Waals surface area contributed by atoms with Crippen LogP contribution in [0.15, 0.2) is 24.3 Å². The third kappa shape index (κ3) is 3.53. The molecule has 1 aliphatic heterocycles. The molecular formula is C15H18FN5O2. The number of tetrazole rings is 1. The minimum absolute atomic E-state index is 0.000353. The van der Waals surface area contributed by atoms with Gasteiger partial charge in [0.15, 0.2) is 0 Å². The number of ether oxygens (including phenoxy) is 1. The Balaban J connectivity index is 1.69. The number of hydrogen-bond acceptors (Lipinski definition) is 5. The van der Waals surface area contributed by atoms with Crippen molar-refractivity contribution in [2.75, 3.05) is 13.1 Å². The maximum Gasteiger partial charge on any atom is 0.246 e. The molecule has 7 nitrogen and oxygen atoms in total. The molecule has 23 heavy (non-hydrogen) atoms. The van der Waals surface area contributed by atoms with Gasteiger partial charge in [0.05, 0.1) is 17.8 Å². The Labute approximate surface area is 133 Å². The van der Waals surface area contributed by atoms with Crippen molar-refractivity contribution < 1.29 is 13.9 Å². The molecule has 1 aromatic carbocycles. The monoisotopic (exact) mass is 319 g/mol. The number of aromatic nitrogens is 4. The van der Waals surface area contributed by atoms with E-state index >= 15 is 0 Å². The van der Waals surface area contributed by atoms with Crippen molar-refractivity contribution in [3.05, 3.63) is 30.1 Å². The van der Waals surface area contributed by atoms with E-state index in [9.17, 15) is 9.18 Å². The van der Waals surface area contributed by atoms with Crippen molar-refractivity contribution in [2.24, 2.45) is 0 Å². The Bertz CT molecular complexity index is 695. The first-order chi connectivity index (χ1) is 11.0. The van der Waals surface area contributed by atoms with E-state index in [0.29, 0.717) is 13.1 Å². The second-order valence-electron chi connectivity index (χ2n) is 5.68. The van der Waals surface area contributed by atoms with Crippen molar-refractivity contribution in [3.8, 4) is 11.4 Å². The van der Waals surface area contributed by atoms with E-state index in [1.165, 1.54) is 10.9 Å².